The fourth-order valence-corrected chi connectivity index (χ4v) is 2.82. The predicted molar refractivity (Wildman–Crippen MR) is 105 cm³/mol. The van der Waals surface area contributed by atoms with Gasteiger partial charge in [-0.2, -0.15) is 13.2 Å². The van der Waals surface area contributed by atoms with Gasteiger partial charge in [-0.1, -0.05) is 23.7 Å². The summed E-state index contributed by atoms with van der Waals surface area (Å²) in [7, 11) is 2.70. The van der Waals surface area contributed by atoms with Crippen LogP contribution in [0.25, 0.3) is 11.4 Å². The van der Waals surface area contributed by atoms with Gasteiger partial charge in [0.25, 0.3) is 0 Å². The Kier molecular flexibility index (Phi) is 6.12. The van der Waals surface area contributed by atoms with Crippen LogP contribution in [0.2, 0.25) is 5.15 Å². The van der Waals surface area contributed by atoms with Crippen LogP contribution in [0.5, 0.6) is 5.75 Å². The average molecular weight is 438 g/mol. The predicted octanol–water partition coefficient (Wildman–Crippen LogP) is 5.35. The molecule has 0 spiro atoms. The first-order valence-electron chi connectivity index (χ1n) is 8.47. The number of benzene rings is 2. The maximum absolute atomic E-state index is 13.0. The molecule has 0 unspecified atom stereocenters. The van der Waals surface area contributed by atoms with Crippen molar-refractivity contribution >= 4 is 29.1 Å². The Hall–Kier alpha value is -3.33. The average Bonchev–Trinajstić information content (AvgIpc) is 2.72. The van der Waals surface area contributed by atoms with Gasteiger partial charge in [-0.3, -0.25) is 0 Å². The number of rotatable bonds is 5. The minimum absolute atomic E-state index is 0.000751. The molecule has 0 radical (unpaired) electrons. The Morgan fingerprint density at radius 1 is 1.07 bits per heavy atom. The summed E-state index contributed by atoms with van der Waals surface area (Å²) < 4.78 is 49.0. The summed E-state index contributed by atoms with van der Waals surface area (Å²) in [6.45, 7) is 0. The normalized spacial score (nSPS) is 11.1. The van der Waals surface area contributed by atoms with Crippen LogP contribution in [0.3, 0.4) is 0 Å². The third-order valence-corrected chi connectivity index (χ3v) is 4.22. The summed E-state index contributed by atoms with van der Waals surface area (Å²) in [5, 5.41) is 2.96. The van der Waals surface area contributed by atoms with Gasteiger partial charge < -0.3 is 14.8 Å². The highest BCUT2D eigenvalue weighted by molar-refractivity contribution is 6.29. The number of ether oxygens (including phenoxy) is 2. The quantitative estimate of drug-likeness (QED) is 0.428. The molecule has 6 nitrogen and oxygen atoms in total. The molecule has 156 valence electrons. The maximum Gasteiger partial charge on any atom is 0.416 e. The number of carbonyl (C=O) groups is 1. The first-order valence-corrected chi connectivity index (χ1v) is 8.84. The topological polar surface area (TPSA) is 73.3 Å². The molecule has 10 heteroatoms. The van der Waals surface area contributed by atoms with Gasteiger partial charge in [0.15, 0.2) is 5.82 Å². The number of methoxy groups -OCH3 is 2. The van der Waals surface area contributed by atoms with Crippen molar-refractivity contribution in [3.8, 4) is 17.1 Å². The fraction of sp³-hybridized carbons (Fsp3) is 0.150. The zero-order valence-electron chi connectivity index (χ0n) is 15.7. The number of nitrogens with one attached hydrogen (secondary N) is 1. The molecule has 1 heterocycles. The molecule has 3 aromatic rings. The van der Waals surface area contributed by atoms with Crippen molar-refractivity contribution in [3.05, 3.63) is 64.8 Å². The van der Waals surface area contributed by atoms with E-state index in [0.29, 0.717) is 11.4 Å². The molecule has 0 amide bonds. The minimum Gasteiger partial charge on any atom is -0.495 e. The molecule has 0 aliphatic heterocycles. The molecule has 3 rings (SSSR count). The Morgan fingerprint density at radius 3 is 2.50 bits per heavy atom. The van der Waals surface area contributed by atoms with Crippen LogP contribution < -0.4 is 10.1 Å². The molecule has 0 aliphatic carbocycles. The number of aromatic nitrogens is 2. The van der Waals surface area contributed by atoms with Gasteiger partial charge in [-0.15, -0.1) is 0 Å². The van der Waals surface area contributed by atoms with Gasteiger partial charge in [-0.05, 0) is 30.3 Å². The van der Waals surface area contributed by atoms with Gasteiger partial charge >= 0.3 is 12.1 Å². The number of alkyl halides is 3. The van der Waals surface area contributed by atoms with Crippen molar-refractivity contribution in [2.75, 3.05) is 19.5 Å². The van der Waals surface area contributed by atoms with E-state index in [2.05, 4.69) is 15.3 Å². The second kappa shape index (κ2) is 8.58. The van der Waals surface area contributed by atoms with Gasteiger partial charge in [0.2, 0.25) is 0 Å². The molecule has 30 heavy (non-hydrogen) atoms. The van der Waals surface area contributed by atoms with Gasteiger partial charge in [0.1, 0.15) is 16.7 Å². The van der Waals surface area contributed by atoms with Gasteiger partial charge in [0.05, 0.1) is 31.0 Å². The second-order valence-corrected chi connectivity index (χ2v) is 6.40. The van der Waals surface area contributed by atoms with E-state index >= 15 is 0 Å². The van der Waals surface area contributed by atoms with E-state index in [9.17, 15) is 18.0 Å². The molecule has 0 aliphatic rings. The molecule has 2 aromatic carbocycles. The van der Waals surface area contributed by atoms with Crippen LogP contribution in [0.15, 0.2) is 48.5 Å². The van der Waals surface area contributed by atoms with E-state index in [-0.39, 0.29) is 27.9 Å². The zero-order valence-corrected chi connectivity index (χ0v) is 16.5. The largest absolute Gasteiger partial charge is 0.495 e. The SMILES string of the molecule is COC(=O)c1ccc(OC)c(Nc2cc(Cl)nc(-c3cccc(C(F)(F)F)c3)n2)c1. The summed E-state index contributed by atoms with van der Waals surface area (Å²) in [5.41, 5.74) is -0.0413. The van der Waals surface area contributed by atoms with Crippen LogP contribution >= 0.6 is 11.6 Å². The lowest BCUT2D eigenvalue weighted by molar-refractivity contribution is -0.137. The molecule has 0 fully saturated rings. The van der Waals surface area contributed by atoms with Crippen LogP contribution in [-0.4, -0.2) is 30.2 Å². The Balaban J connectivity index is 2.00. The zero-order chi connectivity index (χ0) is 21.9. The van der Waals surface area contributed by atoms with E-state index in [1.54, 1.807) is 6.07 Å². The lowest BCUT2D eigenvalue weighted by Crippen LogP contribution is -2.06. The molecule has 0 saturated carbocycles. The number of esters is 1. The summed E-state index contributed by atoms with van der Waals surface area (Å²) in [6.07, 6.45) is -4.50. The van der Waals surface area contributed by atoms with Crippen molar-refractivity contribution in [3.63, 3.8) is 0 Å². The van der Waals surface area contributed by atoms with Crippen molar-refractivity contribution in [2.24, 2.45) is 0 Å². The highest BCUT2D eigenvalue weighted by atomic mass is 35.5. The summed E-state index contributed by atoms with van der Waals surface area (Å²) in [6, 6.07) is 10.6. The second-order valence-electron chi connectivity index (χ2n) is 6.01. The number of nitrogens with zero attached hydrogens (tertiary/aromatic N) is 2. The van der Waals surface area contributed by atoms with E-state index in [1.165, 1.54) is 44.6 Å². The minimum atomic E-state index is -4.50. The van der Waals surface area contributed by atoms with Gasteiger partial charge in [-0.25, -0.2) is 14.8 Å². The van der Waals surface area contributed by atoms with Crippen LogP contribution in [0, 0.1) is 0 Å². The number of carbonyl (C=O) groups excluding carboxylic acids is 1. The number of hydrogen-bond acceptors (Lipinski definition) is 6. The van der Waals surface area contributed by atoms with E-state index in [4.69, 9.17) is 21.1 Å². The molecule has 1 aromatic heterocycles. The third kappa shape index (κ3) is 4.80. The van der Waals surface area contributed by atoms with E-state index in [0.717, 1.165) is 12.1 Å². The molecule has 0 atom stereocenters. The first kappa shape index (κ1) is 21.4. The number of halogens is 4. The van der Waals surface area contributed by atoms with E-state index < -0.39 is 17.7 Å². The first-order chi connectivity index (χ1) is 14.2. The highest BCUT2D eigenvalue weighted by Gasteiger charge is 2.30. The Labute approximate surface area is 174 Å². The van der Waals surface area contributed by atoms with Crippen molar-refractivity contribution in [1.29, 1.82) is 0 Å². The summed E-state index contributed by atoms with van der Waals surface area (Å²) in [4.78, 5) is 20.1. The van der Waals surface area contributed by atoms with Crippen LogP contribution in [0.1, 0.15) is 15.9 Å². The summed E-state index contributed by atoms with van der Waals surface area (Å²) in [5.74, 6) is 0.0472. The smallest absolute Gasteiger partial charge is 0.416 e. The number of anilines is 2. The van der Waals surface area contributed by atoms with Crippen molar-refractivity contribution < 1.29 is 27.4 Å². The summed E-state index contributed by atoms with van der Waals surface area (Å²) >= 11 is 6.05. The van der Waals surface area contributed by atoms with Crippen LogP contribution in [-0.2, 0) is 10.9 Å². The highest BCUT2D eigenvalue weighted by Crippen LogP contribution is 2.33. The standard InChI is InChI=1S/C20H15ClF3N3O3/c1-29-15-7-6-12(19(28)30-2)9-14(15)25-17-10-16(21)26-18(27-17)11-4-3-5-13(8-11)20(22,23)24/h3-10H,1-2H3,(H,25,26,27). The van der Waals surface area contributed by atoms with E-state index in [1.807, 2.05) is 0 Å². The third-order valence-electron chi connectivity index (χ3n) is 4.03. The van der Waals surface area contributed by atoms with Gasteiger partial charge in [0, 0.05) is 11.6 Å². The molecular formula is C20H15ClF3N3O3. The molecular weight excluding hydrogens is 423 g/mol. The monoisotopic (exact) mass is 437 g/mol. The maximum atomic E-state index is 13.0. The number of hydrogen-bond donors (Lipinski definition) is 1. The van der Waals surface area contributed by atoms with Crippen LogP contribution in [0.4, 0.5) is 24.7 Å². The van der Waals surface area contributed by atoms with Crippen molar-refractivity contribution in [2.45, 2.75) is 6.18 Å². The fourth-order valence-electron chi connectivity index (χ4n) is 2.63. The lowest BCUT2D eigenvalue weighted by Gasteiger charge is -2.13. The molecule has 1 N–H and O–H groups in total. The Morgan fingerprint density at radius 2 is 1.83 bits per heavy atom. The molecule has 0 saturated heterocycles. The Bertz CT molecular complexity index is 1090. The molecule has 0 bridgehead atoms. The lowest BCUT2D eigenvalue weighted by atomic mass is 10.1. The van der Waals surface area contributed by atoms with Crippen molar-refractivity contribution in [1.82, 2.24) is 9.97 Å².